The predicted molar refractivity (Wildman–Crippen MR) is 105 cm³/mol. The topological polar surface area (TPSA) is 62.1 Å². The maximum Gasteiger partial charge on any atom is 0.254 e. The highest BCUT2D eigenvalue weighted by Gasteiger charge is 2.33. The molecule has 1 fully saturated rings. The third-order valence-corrected chi connectivity index (χ3v) is 5.55. The number of aryl methyl sites for hydroxylation is 1. The molecular formula is C22H24N2O3. The van der Waals surface area contributed by atoms with Crippen molar-refractivity contribution in [2.75, 3.05) is 20.3 Å². The number of likely N-dealkylation sites (tertiary alicyclic amines) is 1. The summed E-state index contributed by atoms with van der Waals surface area (Å²) in [6.07, 6.45) is 4.04. The van der Waals surface area contributed by atoms with Crippen LogP contribution >= 0.6 is 0 Å². The monoisotopic (exact) mass is 364 g/mol. The molecule has 27 heavy (non-hydrogen) atoms. The molecule has 2 aromatic rings. The van der Waals surface area contributed by atoms with Crippen molar-refractivity contribution in [3.63, 3.8) is 0 Å². The minimum Gasteiger partial charge on any atom is -0.399 e. The van der Waals surface area contributed by atoms with Crippen LogP contribution in [0.3, 0.4) is 0 Å². The zero-order valence-corrected chi connectivity index (χ0v) is 15.5. The van der Waals surface area contributed by atoms with Gasteiger partial charge in [-0.25, -0.2) is 0 Å². The van der Waals surface area contributed by atoms with E-state index in [0.717, 1.165) is 24.1 Å². The van der Waals surface area contributed by atoms with Crippen LogP contribution in [0, 0.1) is 0 Å². The molecule has 1 atom stereocenters. The van der Waals surface area contributed by atoms with E-state index >= 15 is 0 Å². The minimum absolute atomic E-state index is 0.0806. The molecule has 0 aromatic heterocycles. The molecule has 2 aliphatic rings. The second-order valence-corrected chi connectivity index (χ2v) is 7.19. The highest BCUT2D eigenvalue weighted by atomic mass is 16.6. The Kier molecular flexibility index (Phi) is 4.94. The number of amides is 1. The van der Waals surface area contributed by atoms with Crippen molar-refractivity contribution in [3.05, 3.63) is 59.2 Å². The van der Waals surface area contributed by atoms with Gasteiger partial charge in [0.1, 0.15) is 7.11 Å². The lowest BCUT2D eigenvalue weighted by Crippen LogP contribution is -2.37. The highest BCUT2D eigenvalue weighted by molar-refractivity contribution is 6.00. The van der Waals surface area contributed by atoms with Crippen molar-refractivity contribution in [1.29, 1.82) is 0 Å². The molecule has 1 amide bonds. The van der Waals surface area contributed by atoms with Gasteiger partial charge in [0, 0.05) is 12.0 Å². The van der Waals surface area contributed by atoms with Crippen LogP contribution in [-0.2, 0) is 17.7 Å². The Morgan fingerprint density at radius 2 is 2.04 bits per heavy atom. The molecule has 1 N–H and O–H groups in total. The molecule has 5 nitrogen and oxygen atoms in total. The van der Waals surface area contributed by atoms with Gasteiger partial charge in [0.2, 0.25) is 0 Å². The van der Waals surface area contributed by atoms with Gasteiger partial charge in [0.25, 0.3) is 5.91 Å². The van der Waals surface area contributed by atoms with Gasteiger partial charge in [-0.2, -0.15) is 0 Å². The number of oxime groups is 1. The molecule has 1 aliphatic heterocycles. The van der Waals surface area contributed by atoms with E-state index in [1.54, 1.807) is 4.90 Å². The maximum atomic E-state index is 12.9. The number of rotatable bonds is 4. The van der Waals surface area contributed by atoms with Crippen molar-refractivity contribution < 1.29 is 14.7 Å². The summed E-state index contributed by atoms with van der Waals surface area (Å²) in [5, 5.41) is 13.6. The van der Waals surface area contributed by atoms with Crippen LogP contribution in [0.2, 0.25) is 0 Å². The van der Waals surface area contributed by atoms with E-state index in [2.05, 4.69) is 23.4 Å². The molecule has 1 saturated heterocycles. The summed E-state index contributed by atoms with van der Waals surface area (Å²) in [7, 11) is 1.49. The lowest BCUT2D eigenvalue weighted by Gasteiger charge is -2.22. The van der Waals surface area contributed by atoms with Crippen molar-refractivity contribution >= 4 is 11.6 Å². The normalized spacial score (nSPS) is 20.1. The first kappa shape index (κ1) is 17.7. The Morgan fingerprint density at radius 3 is 2.78 bits per heavy atom. The van der Waals surface area contributed by atoms with Gasteiger partial charge in [-0.3, -0.25) is 4.79 Å². The molecule has 2 aromatic carbocycles. The van der Waals surface area contributed by atoms with E-state index in [-0.39, 0.29) is 18.6 Å². The van der Waals surface area contributed by atoms with Gasteiger partial charge in [-0.1, -0.05) is 35.5 Å². The molecule has 0 saturated carbocycles. The largest absolute Gasteiger partial charge is 0.399 e. The van der Waals surface area contributed by atoms with E-state index in [1.165, 1.54) is 30.2 Å². The number of fused-ring (bicyclic) bond motifs is 1. The number of aliphatic hydroxyl groups excluding tert-OH is 1. The number of carbonyl (C=O) groups is 1. The first-order valence-corrected chi connectivity index (χ1v) is 9.43. The van der Waals surface area contributed by atoms with Gasteiger partial charge in [-0.15, -0.1) is 0 Å². The number of aliphatic hydroxyl groups is 1. The molecule has 1 aliphatic carbocycles. The average Bonchev–Trinajstić information content (AvgIpc) is 3.34. The van der Waals surface area contributed by atoms with E-state index in [9.17, 15) is 9.90 Å². The SMILES string of the molecule is CON=C1CC(CO)N(C(=O)c2ccc(-c3cccc4c3CCC4)cc2)C1. The molecule has 1 unspecified atom stereocenters. The average molecular weight is 364 g/mol. The maximum absolute atomic E-state index is 12.9. The van der Waals surface area contributed by atoms with Crippen LogP contribution in [0.25, 0.3) is 11.1 Å². The van der Waals surface area contributed by atoms with Crippen LogP contribution in [0.4, 0.5) is 0 Å². The van der Waals surface area contributed by atoms with Gasteiger partial charge in [-0.05, 0) is 53.6 Å². The number of hydrogen-bond acceptors (Lipinski definition) is 4. The minimum atomic E-state index is -0.247. The zero-order chi connectivity index (χ0) is 18.8. The molecule has 0 bridgehead atoms. The van der Waals surface area contributed by atoms with Crippen molar-refractivity contribution in [3.8, 4) is 11.1 Å². The van der Waals surface area contributed by atoms with Crippen molar-refractivity contribution in [1.82, 2.24) is 4.90 Å². The van der Waals surface area contributed by atoms with Gasteiger partial charge in [0.05, 0.1) is 24.9 Å². The number of benzene rings is 2. The molecule has 0 radical (unpaired) electrons. The number of nitrogens with zero attached hydrogens (tertiary/aromatic N) is 2. The summed E-state index contributed by atoms with van der Waals surface area (Å²) >= 11 is 0. The number of hydrogen-bond donors (Lipinski definition) is 1. The first-order valence-electron chi connectivity index (χ1n) is 9.43. The van der Waals surface area contributed by atoms with Gasteiger partial charge < -0.3 is 14.8 Å². The van der Waals surface area contributed by atoms with Gasteiger partial charge in [0.15, 0.2) is 0 Å². The quantitative estimate of drug-likeness (QED) is 0.848. The summed E-state index contributed by atoms with van der Waals surface area (Å²) in [6.45, 7) is 0.314. The van der Waals surface area contributed by atoms with E-state index in [4.69, 9.17) is 4.84 Å². The lowest BCUT2D eigenvalue weighted by molar-refractivity contribution is 0.0680. The second kappa shape index (κ2) is 7.53. The molecule has 5 heteroatoms. The van der Waals surface area contributed by atoms with E-state index in [0.29, 0.717) is 18.5 Å². The fourth-order valence-electron chi connectivity index (χ4n) is 4.22. The zero-order valence-electron chi connectivity index (χ0n) is 15.5. The van der Waals surface area contributed by atoms with E-state index < -0.39 is 0 Å². The highest BCUT2D eigenvalue weighted by Crippen LogP contribution is 2.32. The Bertz CT molecular complexity index is 874. The number of carbonyl (C=O) groups excluding carboxylic acids is 1. The summed E-state index contributed by atoms with van der Waals surface area (Å²) in [6, 6.07) is 14.1. The fraction of sp³-hybridized carbons (Fsp3) is 0.364. The summed E-state index contributed by atoms with van der Waals surface area (Å²) in [5.74, 6) is -0.0832. The van der Waals surface area contributed by atoms with Crippen LogP contribution in [0.5, 0.6) is 0 Å². The van der Waals surface area contributed by atoms with E-state index in [1.807, 2.05) is 24.3 Å². The van der Waals surface area contributed by atoms with Crippen LogP contribution < -0.4 is 0 Å². The molecular weight excluding hydrogens is 340 g/mol. The van der Waals surface area contributed by atoms with Crippen LogP contribution in [-0.4, -0.2) is 47.9 Å². The third-order valence-electron chi connectivity index (χ3n) is 5.55. The lowest BCUT2D eigenvalue weighted by atomic mass is 9.96. The van der Waals surface area contributed by atoms with Crippen molar-refractivity contribution in [2.45, 2.75) is 31.7 Å². The summed E-state index contributed by atoms with van der Waals surface area (Å²) < 4.78 is 0. The summed E-state index contributed by atoms with van der Waals surface area (Å²) in [5.41, 5.74) is 6.71. The Morgan fingerprint density at radius 1 is 1.22 bits per heavy atom. The molecule has 1 heterocycles. The molecule has 0 spiro atoms. The van der Waals surface area contributed by atoms with Crippen LogP contribution in [0.1, 0.15) is 34.3 Å². The third kappa shape index (κ3) is 3.35. The Balaban J connectivity index is 1.57. The van der Waals surface area contributed by atoms with Gasteiger partial charge >= 0.3 is 0 Å². The first-order chi connectivity index (χ1) is 13.2. The predicted octanol–water partition coefficient (Wildman–Crippen LogP) is 3.05. The van der Waals surface area contributed by atoms with Crippen molar-refractivity contribution in [2.24, 2.45) is 5.16 Å². The molecule has 140 valence electrons. The fourth-order valence-corrected chi connectivity index (χ4v) is 4.22. The molecule has 4 rings (SSSR count). The van der Waals surface area contributed by atoms with Crippen LogP contribution in [0.15, 0.2) is 47.6 Å². The summed E-state index contributed by atoms with van der Waals surface area (Å²) in [4.78, 5) is 19.4. The Hall–Kier alpha value is -2.66. The second-order valence-electron chi connectivity index (χ2n) is 7.19. The standard InChI is InChI=1S/C22H24N2O3/c1-27-23-18-12-19(14-25)24(13-18)22(26)17-10-8-16(9-11-17)21-7-3-5-15-4-2-6-20(15)21/h3,5,7-11,19,25H,2,4,6,12-14H2,1H3. The Labute approximate surface area is 159 Å². The smallest absolute Gasteiger partial charge is 0.254 e.